The van der Waals surface area contributed by atoms with Crippen molar-refractivity contribution in [1.29, 1.82) is 0 Å². The molecular formula is C17H10FNO4. The minimum atomic E-state index is -0.542. The quantitative estimate of drug-likeness (QED) is 0.541. The molecule has 0 aliphatic carbocycles. The van der Waals surface area contributed by atoms with E-state index in [1.807, 2.05) is 0 Å². The van der Waals surface area contributed by atoms with Crippen LogP contribution in [0.5, 0.6) is 0 Å². The van der Waals surface area contributed by atoms with E-state index < -0.39 is 10.7 Å². The Morgan fingerprint density at radius 1 is 0.957 bits per heavy atom. The van der Waals surface area contributed by atoms with Gasteiger partial charge in [0.15, 0.2) is 5.43 Å². The Morgan fingerprint density at radius 2 is 1.61 bits per heavy atom. The lowest BCUT2D eigenvalue weighted by Gasteiger charge is -2.05. The van der Waals surface area contributed by atoms with Crippen molar-refractivity contribution < 1.29 is 13.7 Å². The molecule has 0 saturated heterocycles. The van der Waals surface area contributed by atoms with Gasteiger partial charge in [-0.15, -0.1) is 0 Å². The molecule has 0 radical (unpaired) electrons. The fraction of sp³-hybridized carbons (Fsp3) is 0. The van der Waals surface area contributed by atoms with Crippen molar-refractivity contribution in [2.24, 2.45) is 0 Å². The summed E-state index contributed by atoms with van der Waals surface area (Å²) in [6.07, 6.45) is 0. The molecule has 114 valence electrons. The third-order valence-electron chi connectivity index (χ3n) is 3.26. The van der Waals surface area contributed by atoms with Crippen LogP contribution in [-0.2, 0) is 0 Å². The minimum Gasteiger partial charge on any atom is -0.456 e. The molecule has 1 aromatic heterocycles. The zero-order chi connectivity index (χ0) is 16.4. The van der Waals surface area contributed by atoms with Gasteiger partial charge in [-0.1, -0.05) is 12.1 Å². The van der Waals surface area contributed by atoms with Crippen molar-refractivity contribution in [3.8, 4) is 22.6 Å². The van der Waals surface area contributed by atoms with Crippen LogP contribution < -0.4 is 5.43 Å². The smallest absolute Gasteiger partial charge is 0.280 e. The molecule has 23 heavy (non-hydrogen) atoms. The molecule has 3 rings (SSSR count). The van der Waals surface area contributed by atoms with Crippen LogP contribution >= 0.6 is 0 Å². The largest absolute Gasteiger partial charge is 0.456 e. The summed E-state index contributed by atoms with van der Waals surface area (Å²) in [5, 5.41) is 11.1. The molecule has 0 aliphatic heterocycles. The van der Waals surface area contributed by atoms with Crippen molar-refractivity contribution >= 4 is 5.69 Å². The zero-order valence-corrected chi connectivity index (χ0v) is 11.7. The van der Waals surface area contributed by atoms with E-state index in [4.69, 9.17) is 4.42 Å². The summed E-state index contributed by atoms with van der Waals surface area (Å²) in [6.45, 7) is 0. The lowest BCUT2D eigenvalue weighted by Crippen LogP contribution is -2.00. The molecule has 6 heteroatoms. The number of benzene rings is 2. The van der Waals surface area contributed by atoms with Crippen LogP contribution in [-0.4, -0.2) is 4.92 Å². The second-order valence-corrected chi connectivity index (χ2v) is 4.80. The summed E-state index contributed by atoms with van der Waals surface area (Å²) in [4.78, 5) is 22.5. The molecule has 0 N–H and O–H groups in total. The summed E-state index contributed by atoms with van der Waals surface area (Å²) in [7, 11) is 0. The molecular weight excluding hydrogens is 301 g/mol. The molecule has 3 aromatic rings. The first kappa shape index (κ1) is 14.6. The van der Waals surface area contributed by atoms with Gasteiger partial charge in [0.1, 0.15) is 17.3 Å². The molecule has 0 unspecified atom stereocenters. The maximum Gasteiger partial charge on any atom is 0.280 e. The van der Waals surface area contributed by atoms with Crippen LogP contribution in [0.4, 0.5) is 10.1 Å². The third-order valence-corrected chi connectivity index (χ3v) is 3.26. The lowest BCUT2D eigenvalue weighted by atomic mass is 10.1. The van der Waals surface area contributed by atoms with Crippen LogP contribution in [0.15, 0.2) is 69.9 Å². The number of rotatable bonds is 3. The predicted molar refractivity (Wildman–Crippen MR) is 82.5 cm³/mol. The van der Waals surface area contributed by atoms with E-state index in [-0.39, 0.29) is 28.2 Å². The Bertz CT molecular complexity index is 932. The van der Waals surface area contributed by atoms with Gasteiger partial charge < -0.3 is 4.42 Å². The van der Waals surface area contributed by atoms with Crippen molar-refractivity contribution in [2.75, 3.05) is 0 Å². The second kappa shape index (κ2) is 5.84. The van der Waals surface area contributed by atoms with E-state index in [1.165, 1.54) is 54.6 Å². The molecule has 0 bridgehead atoms. The van der Waals surface area contributed by atoms with Gasteiger partial charge in [0, 0.05) is 23.8 Å². The number of hydrogen-bond donors (Lipinski definition) is 0. The van der Waals surface area contributed by atoms with E-state index in [2.05, 4.69) is 0 Å². The van der Waals surface area contributed by atoms with Crippen molar-refractivity contribution in [1.82, 2.24) is 0 Å². The Morgan fingerprint density at radius 3 is 2.30 bits per heavy atom. The highest BCUT2D eigenvalue weighted by Crippen LogP contribution is 2.31. The first-order valence-electron chi connectivity index (χ1n) is 6.69. The average Bonchev–Trinajstić information content (AvgIpc) is 2.55. The Kier molecular flexibility index (Phi) is 3.72. The van der Waals surface area contributed by atoms with Crippen LogP contribution in [0.3, 0.4) is 0 Å². The van der Waals surface area contributed by atoms with Crippen molar-refractivity contribution in [3.05, 3.63) is 86.8 Å². The van der Waals surface area contributed by atoms with E-state index >= 15 is 0 Å². The van der Waals surface area contributed by atoms with E-state index in [0.717, 1.165) is 0 Å². The molecule has 0 amide bonds. The molecule has 0 spiro atoms. The van der Waals surface area contributed by atoms with Gasteiger partial charge in [0.25, 0.3) is 5.69 Å². The number of hydrogen-bond acceptors (Lipinski definition) is 4. The number of para-hydroxylation sites is 1. The molecule has 0 fully saturated rings. The zero-order valence-electron chi connectivity index (χ0n) is 11.7. The van der Waals surface area contributed by atoms with Gasteiger partial charge >= 0.3 is 0 Å². The normalized spacial score (nSPS) is 10.5. The molecule has 5 nitrogen and oxygen atoms in total. The highest BCUT2D eigenvalue weighted by molar-refractivity contribution is 5.70. The average molecular weight is 311 g/mol. The lowest BCUT2D eigenvalue weighted by molar-refractivity contribution is -0.384. The highest BCUT2D eigenvalue weighted by Gasteiger charge is 2.17. The molecule has 1 heterocycles. The summed E-state index contributed by atoms with van der Waals surface area (Å²) in [6, 6.07) is 13.9. The fourth-order valence-corrected chi connectivity index (χ4v) is 2.21. The first-order valence-corrected chi connectivity index (χ1v) is 6.69. The van der Waals surface area contributed by atoms with Crippen LogP contribution in [0, 0.1) is 15.9 Å². The first-order chi connectivity index (χ1) is 11.0. The number of halogens is 1. The van der Waals surface area contributed by atoms with Gasteiger partial charge in [-0.2, -0.15) is 0 Å². The predicted octanol–water partition coefficient (Wildman–Crippen LogP) is 4.02. The fourth-order valence-electron chi connectivity index (χ4n) is 2.21. The Labute approximate surface area is 129 Å². The number of nitro benzene ring substituents is 1. The topological polar surface area (TPSA) is 73.3 Å². The van der Waals surface area contributed by atoms with Crippen LogP contribution in [0.2, 0.25) is 0 Å². The van der Waals surface area contributed by atoms with E-state index in [0.29, 0.717) is 5.56 Å². The third kappa shape index (κ3) is 3.01. The molecule has 0 atom stereocenters. The summed E-state index contributed by atoms with van der Waals surface area (Å²) in [5.74, 6) is -0.110. The van der Waals surface area contributed by atoms with Gasteiger partial charge in [-0.3, -0.25) is 14.9 Å². The van der Waals surface area contributed by atoms with Gasteiger partial charge in [0.05, 0.1) is 10.5 Å². The molecule has 2 aromatic carbocycles. The summed E-state index contributed by atoms with van der Waals surface area (Å²) in [5.41, 5.74) is 0.193. The van der Waals surface area contributed by atoms with Gasteiger partial charge in [-0.25, -0.2) is 4.39 Å². The minimum absolute atomic E-state index is 0.0872. The van der Waals surface area contributed by atoms with Gasteiger partial charge in [0.2, 0.25) is 0 Å². The second-order valence-electron chi connectivity index (χ2n) is 4.80. The maximum atomic E-state index is 13.0. The number of nitrogens with zero attached hydrogens (tertiary/aromatic N) is 1. The van der Waals surface area contributed by atoms with Crippen molar-refractivity contribution in [3.63, 3.8) is 0 Å². The van der Waals surface area contributed by atoms with Crippen LogP contribution in [0.1, 0.15) is 0 Å². The Hall–Kier alpha value is -3.28. The molecule has 0 aliphatic rings. The summed E-state index contributed by atoms with van der Waals surface area (Å²) >= 11 is 0. The Balaban J connectivity index is 2.17. The van der Waals surface area contributed by atoms with Crippen molar-refractivity contribution in [2.45, 2.75) is 0 Å². The maximum absolute atomic E-state index is 13.0. The monoisotopic (exact) mass is 311 g/mol. The number of nitro groups is 1. The van der Waals surface area contributed by atoms with Gasteiger partial charge in [-0.05, 0) is 30.3 Å². The molecule has 0 saturated carbocycles. The van der Waals surface area contributed by atoms with Crippen LogP contribution in [0.25, 0.3) is 22.6 Å². The standard InChI is InChI=1S/C17H10FNO4/c18-12-7-5-11(6-8-12)16-9-13(20)10-17(23-16)14-3-1-2-4-15(14)19(21)22/h1-10H. The highest BCUT2D eigenvalue weighted by atomic mass is 19.1. The summed E-state index contributed by atoms with van der Waals surface area (Å²) < 4.78 is 18.6. The van der Waals surface area contributed by atoms with E-state index in [1.54, 1.807) is 6.07 Å². The van der Waals surface area contributed by atoms with E-state index in [9.17, 15) is 19.3 Å². The SMILES string of the molecule is O=c1cc(-c2ccc(F)cc2)oc(-c2ccccc2[N+](=O)[O-])c1.